The number of unbranched alkanes of at least 4 members (excludes halogenated alkanes) is 50. The van der Waals surface area contributed by atoms with Gasteiger partial charge in [0.15, 0.2) is 12.2 Å². The maximum absolute atomic E-state index is 13.1. The molecule has 0 aromatic carbocycles. The van der Waals surface area contributed by atoms with E-state index in [1.54, 1.807) is 0 Å². The summed E-state index contributed by atoms with van der Waals surface area (Å²) in [5.41, 5.74) is 0. The second kappa shape index (κ2) is 71.1. The third-order valence-electron chi connectivity index (χ3n) is 18.3. The SMILES string of the molecule is CCCCCCCCCCCCCCCCC(=O)OC[C@H](COP(=O)(O)OC[C@@H](O)COP(=O)(O)OC[C@@H](COC(=O)CCCCCCCCCCCCCCC)OC(=O)CCCCCCCCCCCCCCCC)OC(=O)CCCCCCCCCCCCCCCC(C)C. The van der Waals surface area contributed by atoms with Crippen LogP contribution in [0.5, 0.6) is 0 Å². The maximum atomic E-state index is 13.1. The van der Waals surface area contributed by atoms with E-state index < -0.39 is 97.5 Å². The summed E-state index contributed by atoms with van der Waals surface area (Å²) in [7, 11) is -9.91. The van der Waals surface area contributed by atoms with E-state index in [1.807, 2.05) is 0 Å². The molecule has 0 aliphatic carbocycles. The van der Waals surface area contributed by atoms with Crippen molar-refractivity contribution in [2.24, 2.45) is 5.92 Å². The molecule has 0 bridgehead atoms. The molecule has 0 fully saturated rings. The molecule has 5 atom stereocenters. The van der Waals surface area contributed by atoms with Crippen LogP contribution < -0.4 is 0 Å². The van der Waals surface area contributed by atoms with Crippen molar-refractivity contribution in [1.82, 2.24) is 0 Å². The molecular weight excluding hydrogens is 1270 g/mol. The molecule has 0 amide bonds. The quantitative estimate of drug-likeness (QED) is 0.0222. The van der Waals surface area contributed by atoms with Crippen LogP contribution in [0.1, 0.15) is 413 Å². The number of aliphatic hydroxyl groups excluding tert-OH is 1. The van der Waals surface area contributed by atoms with Crippen molar-refractivity contribution in [3.8, 4) is 0 Å². The van der Waals surface area contributed by atoms with Gasteiger partial charge in [-0.2, -0.15) is 0 Å². The monoisotopic (exact) mass is 1420 g/mol. The second-order valence-corrected chi connectivity index (χ2v) is 31.5. The number of carbonyl (C=O) groups excluding carboxylic acids is 4. The van der Waals surface area contributed by atoms with Gasteiger partial charge in [-0.1, -0.05) is 362 Å². The van der Waals surface area contributed by atoms with Gasteiger partial charge in [-0.25, -0.2) is 9.13 Å². The average Bonchev–Trinajstić information content (AvgIpc) is 1.41. The molecule has 0 rings (SSSR count). The number of esters is 4. The van der Waals surface area contributed by atoms with Gasteiger partial charge in [0.2, 0.25) is 0 Å². The standard InChI is InChI=1S/C78H152O17P2/c1-6-9-12-15-18-21-24-27-32-37-42-47-52-57-62-76(81)89-68-74(95-78(83)64-59-54-49-44-39-34-29-31-35-40-45-50-55-60-71(4)5)70-93-97(86,87)91-66-72(79)65-90-96(84,85)92-69-73(67-88-75(80)61-56-51-46-41-36-30-26-23-20-17-14-11-8-3)94-77(82)63-58-53-48-43-38-33-28-25-22-19-16-13-10-7-2/h71-74,79H,6-70H2,1-5H3,(H,84,85)(H,86,87)/t72-,73+,74+/m0/s1. The molecule has 0 aromatic heterocycles. The highest BCUT2D eigenvalue weighted by molar-refractivity contribution is 7.47. The number of carbonyl (C=O) groups is 4. The fourth-order valence-electron chi connectivity index (χ4n) is 12.1. The van der Waals surface area contributed by atoms with Crippen LogP contribution in [0.25, 0.3) is 0 Å². The lowest BCUT2D eigenvalue weighted by atomic mass is 10.0. The number of hydrogen-bond acceptors (Lipinski definition) is 15. The van der Waals surface area contributed by atoms with E-state index in [0.29, 0.717) is 25.7 Å². The Labute approximate surface area is 594 Å². The molecule has 97 heavy (non-hydrogen) atoms. The van der Waals surface area contributed by atoms with Gasteiger partial charge >= 0.3 is 39.5 Å². The topological polar surface area (TPSA) is 237 Å². The third kappa shape index (κ3) is 72.2. The predicted octanol–water partition coefficient (Wildman–Crippen LogP) is 23.3. The number of phosphoric acid groups is 2. The second-order valence-electron chi connectivity index (χ2n) is 28.6. The number of phosphoric ester groups is 2. The van der Waals surface area contributed by atoms with E-state index in [1.165, 1.54) is 238 Å². The Morgan fingerprint density at radius 3 is 0.701 bits per heavy atom. The minimum Gasteiger partial charge on any atom is -0.462 e. The number of ether oxygens (including phenoxy) is 4. The van der Waals surface area contributed by atoms with Gasteiger partial charge in [-0.05, 0) is 31.6 Å². The minimum atomic E-state index is -4.96. The Balaban J connectivity index is 5.27. The largest absolute Gasteiger partial charge is 0.472 e. The molecule has 0 aliphatic rings. The Bertz CT molecular complexity index is 1860. The Kier molecular flexibility index (Phi) is 69.6. The van der Waals surface area contributed by atoms with Crippen molar-refractivity contribution < 1.29 is 80.2 Å². The molecule has 19 heteroatoms. The lowest BCUT2D eigenvalue weighted by molar-refractivity contribution is -0.161. The summed E-state index contributed by atoms with van der Waals surface area (Å²) in [6.45, 7) is 7.34. The normalized spacial score (nSPS) is 13.9. The van der Waals surface area contributed by atoms with Gasteiger partial charge in [0.05, 0.1) is 26.4 Å². The molecule has 0 aliphatic heterocycles. The lowest BCUT2D eigenvalue weighted by Gasteiger charge is -2.21. The van der Waals surface area contributed by atoms with Gasteiger partial charge < -0.3 is 33.8 Å². The molecule has 576 valence electrons. The van der Waals surface area contributed by atoms with E-state index in [4.69, 9.17) is 37.0 Å². The zero-order valence-electron chi connectivity index (χ0n) is 63.2. The van der Waals surface area contributed by atoms with E-state index in [-0.39, 0.29) is 25.7 Å². The smallest absolute Gasteiger partial charge is 0.462 e. The zero-order chi connectivity index (χ0) is 71.2. The molecule has 0 radical (unpaired) electrons. The maximum Gasteiger partial charge on any atom is 0.472 e. The van der Waals surface area contributed by atoms with Crippen LogP contribution in [-0.4, -0.2) is 96.7 Å². The molecule has 0 saturated heterocycles. The molecular formula is C78H152O17P2. The van der Waals surface area contributed by atoms with Crippen LogP contribution in [0.2, 0.25) is 0 Å². The Morgan fingerprint density at radius 2 is 0.474 bits per heavy atom. The van der Waals surface area contributed by atoms with E-state index in [2.05, 4.69) is 34.6 Å². The zero-order valence-corrected chi connectivity index (χ0v) is 65.0. The van der Waals surface area contributed by atoms with E-state index in [9.17, 15) is 43.2 Å². The van der Waals surface area contributed by atoms with E-state index in [0.717, 1.165) is 95.8 Å². The summed E-state index contributed by atoms with van der Waals surface area (Å²) in [4.78, 5) is 73.0. The highest BCUT2D eigenvalue weighted by Gasteiger charge is 2.30. The van der Waals surface area contributed by atoms with Crippen LogP contribution in [0.4, 0.5) is 0 Å². The van der Waals surface area contributed by atoms with Crippen LogP contribution >= 0.6 is 15.6 Å². The van der Waals surface area contributed by atoms with Gasteiger partial charge in [0.25, 0.3) is 0 Å². The van der Waals surface area contributed by atoms with Gasteiger partial charge in [0, 0.05) is 25.7 Å². The Morgan fingerprint density at radius 1 is 0.278 bits per heavy atom. The average molecular weight is 1420 g/mol. The van der Waals surface area contributed by atoms with Crippen molar-refractivity contribution in [1.29, 1.82) is 0 Å². The van der Waals surface area contributed by atoms with Crippen LogP contribution in [0, 0.1) is 5.92 Å². The van der Waals surface area contributed by atoms with Crippen molar-refractivity contribution in [2.45, 2.75) is 432 Å². The fraction of sp³-hybridized carbons (Fsp3) is 0.949. The number of aliphatic hydroxyl groups is 1. The lowest BCUT2D eigenvalue weighted by Crippen LogP contribution is -2.30. The fourth-order valence-corrected chi connectivity index (χ4v) is 13.6. The minimum absolute atomic E-state index is 0.108. The Hall–Kier alpha value is -1.94. The first kappa shape index (κ1) is 95.1. The third-order valence-corrected chi connectivity index (χ3v) is 20.2. The first-order valence-corrected chi connectivity index (χ1v) is 43.6. The summed E-state index contributed by atoms with van der Waals surface area (Å²) >= 11 is 0. The molecule has 17 nitrogen and oxygen atoms in total. The van der Waals surface area contributed by atoms with E-state index >= 15 is 0 Å². The molecule has 0 spiro atoms. The van der Waals surface area contributed by atoms with Crippen molar-refractivity contribution >= 4 is 39.5 Å². The highest BCUT2D eigenvalue weighted by atomic mass is 31.2. The number of hydrogen-bond donors (Lipinski definition) is 3. The molecule has 3 N–H and O–H groups in total. The first-order chi connectivity index (χ1) is 47.0. The molecule has 0 saturated carbocycles. The predicted molar refractivity (Wildman–Crippen MR) is 395 cm³/mol. The van der Waals surface area contributed by atoms with Gasteiger partial charge in [-0.3, -0.25) is 37.3 Å². The van der Waals surface area contributed by atoms with Gasteiger partial charge in [-0.15, -0.1) is 0 Å². The summed E-state index contributed by atoms with van der Waals surface area (Å²) in [6, 6.07) is 0. The summed E-state index contributed by atoms with van der Waals surface area (Å²) in [6.07, 6.45) is 60.8. The molecule has 2 unspecified atom stereocenters. The van der Waals surface area contributed by atoms with Crippen molar-refractivity contribution in [3.05, 3.63) is 0 Å². The van der Waals surface area contributed by atoms with Crippen molar-refractivity contribution in [2.75, 3.05) is 39.6 Å². The molecule has 0 heterocycles. The van der Waals surface area contributed by atoms with Crippen LogP contribution in [0.15, 0.2) is 0 Å². The summed E-state index contributed by atoms with van der Waals surface area (Å²) < 4.78 is 68.7. The summed E-state index contributed by atoms with van der Waals surface area (Å²) in [5.74, 6) is -1.32. The number of rotatable bonds is 78. The first-order valence-electron chi connectivity index (χ1n) is 40.6. The molecule has 0 aromatic rings. The van der Waals surface area contributed by atoms with Crippen LogP contribution in [0.3, 0.4) is 0 Å². The summed E-state index contributed by atoms with van der Waals surface area (Å²) in [5, 5.41) is 10.6. The van der Waals surface area contributed by atoms with Crippen LogP contribution in [-0.2, 0) is 65.4 Å². The van der Waals surface area contributed by atoms with Crippen molar-refractivity contribution in [3.63, 3.8) is 0 Å². The highest BCUT2D eigenvalue weighted by Crippen LogP contribution is 2.45. The van der Waals surface area contributed by atoms with Gasteiger partial charge in [0.1, 0.15) is 19.3 Å².